The summed E-state index contributed by atoms with van der Waals surface area (Å²) in [6.45, 7) is 10.8. The quantitative estimate of drug-likeness (QED) is 0.0669. The third kappa shape index (κ3) is 9.90. The molecular weight excluding hydrogens is 647 g/mol. The van der Waals surface area contributed by atoms with Crippen LogP contribution in [-0.4, -0.2) is 57.4 Å². The molecule has 4 aromatic rings. The van der Waals surface area contributed by atoms with Gasteiger partial charge < -0.3 is 14.2 Å². The molecule has 0 aliphatic rings. The SMILES string of the molecule is C=Cc1ccc(C(=O)OCC[N+](CCOC(=O)c2ccc(C=C)cc2)(CCOC(=O)c2ccc(C=C)cc2)c2ccc(C(F)(F)F)cc2)cc1. The number of halogens is 3. The Morgan fingerprint density at radius 2 is 0.820 bits per heavy atom. The molecule has 0 atom stereocenters. The summed E-state index contributed by atoms with van der Waals surface area (Å²) in [5, 5.41) is 0. The summed E-state index contributed by atoms with van der Waals surface area (Å²) >= 11 is 0. The number of rotatable bonds is 16. The standard InChI is InChI=1S/C40H37F3NO6/c1-4-29-7-13-32(14-8-29)37(45)48-26-23-44(36-21-19-35(20-22-36)40(41,42)43,24-27-49-38(46)33-15-9-30(5-2)10-16-33)25-28-50-39(47)34-17-11-31(6-3)12-18-34/h4-22H,1-3,23-28H2/q+1. The van der Waals surface area contributed by atoms with Crippen LogP contribution in [0.15, 0.2) is 117 Å². The average Bonchev–Trinajstić information content (AvgIpc) is 3.14. The fraction of sp³-hybridized carbons (Fsp3) is 0.175. The second-order valence-electron chi connectivity index (χ2n) is 11.2. The number of benzene rings is 4. The number of carbonyl (C=O) groups excluding carboxylic acids is 3. The normalized spacial score (nSPS) is 11.3. The van der Waals surface area contributed by atoms with Crippen molar-refractivity contribution in [1.82, 2.24) is 4.48 Å². The van der Waals surface area contributed by atoms with Gasteiger partial charge in [-0.3, -0.25) is 4.48 Å². The van der Waals surface area contributed by atoms with Crippen molar-refractivity contribution in [3.63, 3.8) is 0 Å². The molecule has 10 heteroatoms. The van der Waals surface area contributed by atoms with Crippen molar-refractivity contribution in [3.05, 3.63) is 156 Å². The largest absolute Gasteiger partial charge is 0.456 e. The fourth-order valence-electron chi connectivity index (χ4n) is 5.14. The van der Waals surface area contributed by atoms with E-state index in [1.807, 2.05) is 0 Å². The topological polar surface area (TPSA) is 78.9 Å². The average molecular weight is 685 g/mol. The lowest BCUT2D eigenvalue weighted by Gasteiger charge is -2.38. The van der Waals surface area contributed by atoms with Crippen LogP contribution in [0, 0.1) is 0 Å². The molecule has 0 heterocycles. The molecule has 7 nitrogen and oxygen atoms in total. The monoisotopic (exact) mass is 684 g/mol. The van der Waals surface area contributed by atoms with E-state index in [4.69, 9.17) is 14.2 Å². The van der Waals surface area contributed by atoms with Gasteiger partial charge in [-0.25, -0.2) is 14.4 Å². The summed E-state index contributed by atoms with van der Waals surface area (Å²) < 4.78 is 57.2. The molecule has 0 saturated heterocycles. The van der Waals surface area contributed by atoms with Gasteiger partial charge >= 0.3 is 24.1 Å². The number of carbonyl (C=O) groups is 3. The lowest BCUT2D eigenvalue weighted by Crippen LogP contribution is -2.55. The first-order chi connectivity index (χ1) is 24.0. The van der Waals surface area contributed by atoms with E-state index in [9.17, 15) is 27.6 Å². The van der Waals surface area contributed by atoms with Crippen LogP contribution >= 0.6 is 0 Å². The molecule has 0 bridgehead atoms. The van der Waals surface area contributed by atoms with Crippen LogP contribution in [0.2, 0.25) is 0 Å². The number of nitrogens with zero attached hydrogens (tertiary/aromatic N) is 1. The van der Waals surface area contributed by atoms with Gasteiger partial charge in [0, 0.05) is 0 Å². The Morgan fingerprint density at radius 1 is 0.520 bits per heavy atom. The Morgan fingerprint density at radius 3 is 1.08 bits per heavy atom. The molecule has 0 radical (unpaired) electrons. The van der Waals surface area contributed by atoms with Crippen LogP contribution in [0.3, 0.4) is 0 Å². The summed E-state index contributed by atoms with van der Waals surface area (Å²) in [5.41, 5.74) is 2.91. The molecule has 258 valence electrons. The molecule has 0 spiro atoms. The third-order valence-corrected chi connectivity index (χ3v) is 8.15. The minimum absolute atomic E-state index is 0.0546. The zero-order valence-electron chi connectivity index (χ0n) is 27.4. The first-order valence-corrected chi connectivity index (χ1v) is 15.7. The number of hydrogen-bond donors (Lipinski definition) is 0. The van der Waals surface area contributed by atoms with Crippen molar-refractivity contribution in [3.8, 4) is 0 Å². The minimum Gasteiger partial charge on any atom is -0.456 e. The first-order valence-electron chi connectivity index (χ1n) is 15.7. The van der Waals surface area contributed by atoms with Gasteiger partial charge in [0.2, 0.25) is 0 Å². The summed E-state index contributed by atoms with van der Waals surface area (Å²) in [5.74, 6) is -1.81. The van der Waals surface area contributed by atoms with E-state index in [1.54, 1.807) is 91.0 Å². The van der Waals surface area contributed by atoms with Gasteiger partial charge in [-0.05, 0) is 77.4 Å². The van der Waals surface area contributed by atoms with Gasteiger partial charge in [-0.1, -0.05) is 74.4 Å². The van der Waals surface area contributed by atoms with Gasteiger partial charge in [0.1, 0.15) is 45.1 Å². The lowest BCUT2D eigenvalue weighted by atomic mass is 10.1. The van der Waals surface area contributed by atoms with Crippen LogP contribution in [0.4, 0.5) is 18.9 Å². The summed E-state index contributed by atoms with van der Waals surface area (Å²) in [6, 6.07) is 24.4. The Labute approximate surface area is 289 Å². The molecule has 0 aliphatic carbocycles. The third-order valence-electron chi connectivity index (χ3n) is 8.15. The highest BCUT2D eigenvalue weighted by molar-refractivity contribution is 5.90. The summed E-state index contributed by atoms with van der Waals surface area (Å²) in [6.07, 6.45) is 0.337. The van der Waals surface area contributed by atoms with E-state index in [0.29, 0.717) is 22.4 Å². The maximum atomic E-state index is 13.5. The molecule has 0 aromatic heterocycles. The van der Waals surface area contributed by atoms with Crippen molar-refractivity contribution < 1.29 is 41.8 Å². The van der Waals surface area contributed by atoms with Crippen LogP contribution < -0.4 is 4.48 Å². The lowest BCUT2D eigenvalue weighted by molar-refractivity contribution is -0.137. The van der Waals surface area contributed by atoms with Crippen LogP contribution in [0.25, 0.3) is 18.2 Å². The van der Waals surface area contributed by atoms with E-state index < -0.39 is 29.6 Å². The number of ether oxygens (including phenoxy) is 3. The zero-order chi connectivity index (χ0) is 36.1. The predicted octanol–water partition coefficient (Wildman–Crippen LogP) is 8.51. The number of alkyl halides is 3. The van der Waals surface area contributed by atoms with Crippen molar-refractivity contribution in [2.75, 3.05) is 39.5 Å². The van der Waals surface area contributed by atoms with Crippen molar-refractivity contribution >= 4 is 41.8 Å². The second kappa shape index (κ2) is 17.1. The maximum absolute atomic E-state index is 13.5. The first kappa shape index (κ1) is 37.1. The van der Waals surface area contributed by atoms with E-state index >= 15 is 0 Å². The molecule has 4 rings (SSSR count). The summed E-state index contributed by atoms with van der Waals surface area (Å²) in [4.78, 5) is 38.7. The molecule has 0 fully saturated rings. The highest BCUT2D eigenvalue weighted by Gasteiger charge is 2.35. The second-order valence-corrected chi connectivity index (χ2v) is 11.2. The zero-order valence-corrected chi connectivity index (χ0v) is 27.4. The van der Waals surface area contributed by atoms with Crippen LogP contribution in [0.1, 0.15) is 53.3 Å². The Balaban J connectivity index is 1.59. The van der Waals surface area contributed by atoms with Crippen molar-refractivity contribution in [2.24, 2.45) is 0 Å². The molecule has 50 heavy (non-hydrogen) atoms. The van der Waals surface area contributed by atoms with Crippen LogP contribution in [-0.2, 0) is 20.4 Å². The van der Waals surface area contributed by atoms with Crippen molar-refractivity contribution in [2.45, 2.75) is 6.18 Å². The number of quaternary nitrogens is 1. The minimum atomic E-state index is -4.57. The van der Waals surface area contributed by atoms with E-state index in [0.717, 1.165) is 28.8 Å². The Bertz CT molecular complexity index is 1630. The fourth-order valence-corrected chi connectivity index (χ4v) is 5.14. The number of esters is 3. The highest BCUT2D eigenvalue weighted by Crippen LogP contribution is 2.32. The molecule has 0 saturated carbocycles. The molecule has 0 unspecified atom stereocenters. The molecular formula is C40H37F3NO6+. The van der Waals surface area contributed by atoms with Crippen LogP contribution in [0.5, 0.6) is 0 Å². The van der Waals surface area contributed by atoms with Gasteiger partial charge in [-0.2, -0.15) is 13.2 Å². The maximum Gasteiger partial charge on any atom is 0.416 e. The van der Waals surface area contributed by atoms with E-state index in [2.05, 4.69) is 19.7 Å². The molecule has 4 aromatic carbocycles. The number of hydrogen-bond acceptors (Lipinski definition) is 6. The van der Waals surface area contributed by atoms with E-state index in [1.165, 1.54) is 12.1 Å². The van der Waals surface area contributed by atoms with Gasteiger partial charge in [0.05, 0.1) is 22.3 Å². The van der Waals surface area contributed by atoms with Gasteiger partial charge in [-0.15, -0.1) is 0 Å². The Kier molecular flexibility index (Phi) is 12.7. The van der Waals surface area contributed by atoms with Gasteiger partial charge in [0.25, 0.3) is 0 Å². The molecule has 0 N–H and O–H groups in total. The summed E-state index contributed by atoms with van der Waals surface area (Å²) in [7, 11) is 0. The Hall–Kier alpha value is -5.74. The smallest absolute Gasteiger partial charge is 0.416 e. The van der Waals surface area contributed by atoms with Gasteiger partial charge in [0.15, 0.2) is 0 Å². The molecule has 0 amide bonds. The highest BCUT2D eigenvalue weighted by atomic mass is 19.4. The molecule has 0 aliphatic heterocycles. The van der Waals surface area contributed by atoms with E-state index in [-0.39, 0.29) is 43.9 Å². The predicted molar refractivity (Wildman–Crippen MR) is 188 cm³/mol. The van der Waals surface area contributed by atoms with Crippen molar-refractivity contribution in [1.29, 1.82) is 0 Å².